The monoisotopic (exact) mass is 216 g/mol. The van der Waals surface area contributed by atoms with Gasteiger partial charge in [-0.3, -0.25) is 9.78 Å². The summed E-state index contributed by atoms with van der Waals surface area (Å²) in [6.45, 7) is 3.66. The predicted molar refractivity (Wildman–Crippen MR) is 63.8 cm³/mol. The first-order valence-electron chi connectivity index (χ1n) is 4.58. The maximum atomic E-state index is 9.24. The Morgan fingerprint density at radius 1 is 1.38 bits per heavy atom. The highest BCUT2D eigenvalue weighted by Crippen LogP contribution is 2.19. The number of phenolic OH excluding ortho intramolecular Hbond substituents is 1. The van der Waals surface area contributed by atoms with Crippen LogP contribution in [0.1, 0.15) is 5.56 Å². The maximum Gasteiger partial charge on any atom is 0.204 e. The van der Waals surface area contributed by atoms with Gasteiger partial charge in [-0.15, -0.1) is 0 Å². The van der Waals surface area contributed by atoms with Gasteiger partial charge in [0.25, 0.3) is 0 Å². The van der Waals surface area contributed by atoms with Crippen molar-refractivity contribution in [2.45, 2.75) is 0 Å². The average Bonchev–Trinajstić information content (AvgIpc) is 2.29. The van der Waals surface area contributed by atoms with E-state index in [0.29, 0.717) is 0 Å². The molecule has 0 aliphatic carbocycles. The van der Waals surface area contributed by atoms with Gasteiger partial charge in [-0.1, -0.05) is 12.7 Å². The van der Waals surface area contributed by atoms with Gasteiger partial charge in [0.05, 0.1) is 5.52 Å². The van der Waals surface area contributed by atoms with Crippen molar-refractivity contribution in [3.63, 3.8) is 0 Å². The topological polar surface area (TPSA) is 76.2 Å². The molecule has 1 aromatic carbocycles. The number of hydrogen-bond donors (Lipinski definition) is 2. The number of aromatic hydroxyl groups is 1. The van der Waals surface area contributed by atoms with Gasteiger partial charge >= 0.3 is 0 Å². The fraction of sp³-hybridized carbons (Fsp3) is 0. The number of phenols is 1. The quantitative estimate of drug-likeness (QED) is 0.712. The largest absolute Gasteiger partial charge is 0.508 e. The van der Waals surface area contributed by atoms with Crippen molar-refractivity contribution in [2.75, 3.05) is 0 Å². The van der Waals surface area contributed by atoms with Crippen LogP contribution >= 0.6 is 0 Å². The molecular formula is C12H12N2O2. The van der Waals surface area contributed by atoms with E-state index < -0.39 is 0 Å². The summed E-state index contributed by atoms with van der Waals surface area (Å²) < 4.78 is 0. The lowest BCUT2D eigenvalue weighted by Crippen LogP contribution is -1.82. The molecule has 3 N–H and O–H groups in total. The van der Waals surface area contributed by atoms with Crippen LogP contribution in [0.2, 0.25) is 0 Å². The Kier molecular flexibility index (Phi) is 4.03. The van der Waals surface area contributed by atoms with E-state index in [4.69, 9.17) is 4.79 Å². The Balaban J connectivity index is 0.000000386. The summed E-state index contributed by atoms with van der Waals surface area (Å²) in [5.74, 6) is 0.260. The van der Waals surface area contributed by atoms with Gasteiger partial charge in [0.15, 0.2) is 0 Å². The molecule has 0 atom stereocenters. The van der Waals surface area contributed by atoms with Crippen LogP contribution in [0.3, 0.4) is 0 Å². The molecule has 1 amide bonds. The molecule has 0 bridgehead atoms. The third-order valence-corrected chi connectivity index (χ3v) is 1.92. The molecule has 0 fully saturated rings. The Bertz CT molecular complexity index is 509. The Morgan fingerprint density at radius 3 is 2.69 bits per heavy atom. The zero-order chi connectivity index (χ0) is 12.0. The smallest absolute Gasteiger partial charge is 0.204 e. The fourth-order valence-electron chi connectivity index (χ4n) is 1.25. The summed E-state index contributed by atoms with van der Waals surface area (Å²) >= 11 is 0. The number of hydrogen-bond acceptors (Lipinski definition) is 3. The minimum Gasteiger partial charge on any atom is -0.508 e. The molecule has 0 spiro atoms. The Morgan fingerprint density at radius 2 is 2.06 bits per heavy atom. The van der Waals surface area contributed by atoms with Crippen LogP contribution in [-0.4, -0.2) is 16.5 Å². The minimum absolute atomic E-state index is 0.250. The van der Waals surface area contributed by atoms with Crippen molar-refractivity contribution in [1.82, 2.24) is 4.98 Å². The third kappa shape index (κ3) is 2.81. The van der Waals surface area contributed by atoms with E-state index in [1.807, 2.05) is 6.07 Å². The zero-order valence-corrected chi connectivity index (χ0v) is 8.63. The SMILES string of the molecule is C=Cc1cnc2ccc(O)cc2c1.NC=O. The number of aromatic nitrogens is 1. The molecule has 0 aliphatic heterocycles. The number of nitrogens with two attached hydrogens (primary N) is 1. The summed E-state index contributed by atoms with van der Waals surface area (Å²) in [7, 11) is 0. The minimum atomic E-state index is 0.250. The lowest BCUT2D eigenvalue weighted by molar-refractivity contribution is -0.106. The lowest BCUT2D eigenvalue weighted by Gasteiger charge is -1.98. The molecule has 0 aliphatic rings. The molecule has 0 unspecified atom stereocenters. The number of benzene rings is 1. The van der Waals surface area contributed by atoms with Gasteiger partial charge in [0.1, 0.15) is 5.75 Å². The van der Waals surface area contributed by atoms with E-state index in [1.165, 1.54) is 0 Å². The molecule has 2 rings (SSSR count). The molecule has 16 heavy (non-hydrogen) atoms. The molecule has 2 aromatic rings. The second kappa shape index (κ2) is 5.50. The molecule has 82 valence electrons. The average molecular weight is 216 g/mol. The van der Waals surface area contributed by atoms with E-state index in [9.17, 15) is 5.11 Å². The van der Waals surface area contributed by atoms with E-state index in [-0.39, 0.29) is 12.2 Å². The normalized spacial score (nSPS) is 9.00. The van der Waals surface area contributed by atoms with Crippen LogP contribution in [0.4, 0.5) is 0 Å². The highest BCUT2D eigenvalue weighted by molar-refractivity contribution is 5.81. The number of rotatable bonds is 1. The van der Waals surface area contributed by atoms with Crippen molar-refractivity contribution < 1.29 is 9.90 Å². The number of carbonyl (C=O) groups is 1. The van der Waals surface area contributed by atoms with Crippen LogP contribution in [0.5, 0.6) is 5.75 Å². The first-order valence-corrected chi connectivity index (χ1v) is 4.58. The first-order chi connectivity index (χ1) is 7.71. The lowest BCUT2D eigenvalue weighted by atomic mass is 10.1. The van der Waals surface area contributed by atoms with Gasteiger partial charge < -0.3 is 10.8 Å². The molecule has 0 saturated carbocycles. The van der Waals surface area contributed by atoms with Crippen LogP contribution in [-0.2, 0) is 4.79 Å². The van der Waals surface area contributed by atoms with Crippen molar-refractivity contribution in [2.24, 2.45) is 5.73 Å². The third-order valence-electron chi connectivity index (χ3n) is 1.92. The highest BCUT2D eigenvalue weighted by Gasteiger charge is 1.96. The first kappa shape index (κ1) is 11.7. The van der Waals surface area contributed by atoms with Gasteiger partial charge in [-0.05, 0) is 29.8 Å². The van der Waals surface area contributed by atoms with Gasteiger partial charge in [0, 0.05) is 11.6 Å². The Hall–Kier alpha value is -2.36. The summed E-state index contributed by atoms with van der Waals surface area (Å²) in [4.78, 5) is 12.8. The van der Waals surface area contributed by atoms with Gasteiger partial charge in [-0.25, -0.2) is 0 Å². The number of fused-ring (bicyclic) bond motifs is 1. The second-order valence-electron chi connectivity index (χ2n) is 2.99. The van der Waals surface area contributed by atoms with E-state index in [1.54, 1.807) is 30.5 Å². The van der Waals surface area contributed by atoms with Crippen LogP contribution in [0.15, 0.2) is 37.0 Å². The summed E-state index contributed by atoms with van der Waals surface area (Å²) in [6.07, 6.45) is 3.74. The number of carbonyl (C=O) groups excluding carboxylic acids is 1. The summed E-state index contributed by atoms with van der Waals surface area (Å²) in [6, 6.07) is 7.05. The molecule has 4 nitrogen and oxygen atoms in total. The molecule has 1 aromatic heterocycles. The number of primary amides is 1. The van der Waals surface area contributed by atoms with E-state index in [0.717, 1.165) is 16.5 Å². The van der Waals surface area contributed by atoms with Crippen molar-refractivity contribution >= 4 is 23.4 Å². The summed E-state index contributed by atoms with van der Waals surface area (Å²) in [5, 5.41) is 10.2. The number of amides is 1. The van der Waals surface area contributed by atoms with Gasteiger partial charge in [0.2, 0.25) is 6.41 Å². The zero-order valence-electron chi connectivity index (χ0n) is 8.63. The molecular weight excluding hydrogens is 204 g/mol. The molecule has 1 heterocycles. The predicted octanol–water partition coefficient (Wildman–Crippen LogP) is 1.68. The molecule has 4 heteroatoms. The van der Waals surface area contributed by atoms with Crippen LogP contribution < -0.4 is 5.73 Å². The van der Waals surface area contributed by atoms with Crippen molar-refractivity contribution in [3.8, 4) is 5.75 Å². The second-order valence-corrected chi connectivity index (χ2v) is 2.99. The fourth-order valence-corrected chi connectivity index (χ4v) is 1.25. The van der Waals surface area contributed by atoms with Crippen LogP contribution in [0.25, 0.3) is 17.0 Å². The standard InChI is InChI=1S/C11H9NO.CH3NO/c1-2-8-5-9-6-10(13)3-4-11(9)12-7-8;2-1-3/h2-7,13H,1H2;1H,(H2,2,3). The van der Waals surface area contributed by atoms with Crippen molar-refractivity contribution in [3.05, 3.63) is 42.6 Å². The van der Waals surface area contributed by atoms with E-state index >= 15 is 0 Å². The maximum absolute atomic E-state index is 9.24. The van der Waals surface area contributed by atoms with E-state index in [2.05, 4.69) is 17.3 Å². The molecule has 0 saturated heterocycles. The summed E-state index contributed by atoms with van der Waals surface area (Å²) in [5.41, 5.74) is 6.00. The van der Waals surface area contributed by atoms with Crippen LogP contribution in [0, 0.1) is 0 Å². The highest BCUT2D eigenvalue weighted by atomic mass is 16.3. The molecule has 0 radical (unpaired) electrons. The van der Waals surface area contributed by atoms with Crippen molar-refractivity contribution in [1.29, 1.82) is 0 Å². The number of pyridine rings is 1. The van der Waals surface area contributed by atoms with Gasteiger partial charge in [-0.2, -0.15) is 0 Å². The number of nitrogens with zero attached hydrogens (tertiary/aromatic N) is 1. The Labute approximate surface area is 93.0 Å².